The average Bonchev–Trinajstić information content (AvgIpc) is 3.10. The minimum Gasteiger partial charge on any atom is -0.367 e. The van der Waals surface area contributed by atoms with E-state index >= 15 is 0 Å². The summed E-state index contributed by atoms with van der Waals surface area (Å²) in [4.78, 5) is 2.36. The maximum absolute atomic E-state index is 12.8. The SMILES string of the molecule is CCN(Cc1ccccc1)c1ccc(C(c2ccc(SOOO)cc2S(=O)(=O)O)C2C=CC(=[N+](CC)Cc3ccccc3)C=C2)cc1. The van der Waals surface area contributed by atoms with Crippen molar-refractivity contribution in [1.29, 1.82) is 0 Å². The molecule has 8 nitrogen and oxygen atoms in total. The van der Waals surface area contributed by atoms with Crippen molar-refractivity contribution in [3.8, 4) is 0 Å². The maximum Gasteiger partial charge on any atom is 0.294 e. The highest BCUT2D eigenvalue weighted by atomic mass is 32.2. The molecule has 1 atom stereocenters. The van der Waals surface area contributed by atoms with Crippen LogP contribution in [0.25, 0.3) is 0 Å². The lowest BCUT2D eigenvalue weighted by atomic mass is 9.78. The molecule has 0 fully saturated rings. The van der Waals surface area contributed by atoms with Crippen LogP contribution in [0.3, 0.4) is 0 Å². The summed E-state index contributed by atoms with van der Waals surface area (Å²) in [5, 5.41) is 12.3. The first-order valence-corrected chi connectivity index (χ1v) is 17.7. The highest BCUT2D eigenvalue weighted by Gasteiger charge is 2.30. The first kappa shape index (κ1) is 34.3. The Kier molecular flexibility index (Phi) is 11.8. The van der Waals surface area contributed by atoms with E-state index in [-0.39, 0.29) is 10.8 Å². The smallest absolute Gasteiger partial charge is 0.294 e. The summed E-state index contributed by atoms with van der Waals surface area (Å²) in [5.74, 6) is -0.667. The molecule has 47 heavy (non-hydrogen) atoms. The minimum absolute atomic E-state index is 0.220. The van der Waals surface area contributed by atoms with Crippen molar-refractivity contribution in [1.82, 2.24) is 0 Å². The molecule has 1 aliphatic rings. The molecule has 0 aliphatic heterocycles. The normalized spacial score (nSPS) is 15.1. The van der Waals surface area contributed by atoms with E-state index in [0.29, 0.717) is 22.5 Å². The Labute approximate surface area is 281 Å². The monoisotopic (exact) mass is 671 g/mol. The van der Waals surface area contributed by atoms with Crippen molar-refractivity contribution >= 4 is 33.6 Å². The van der Waals surface area contributed by atoms with Gasteiger partial charge in [0.05, 0.1) is 16.9 Å². The fourth-order valence-electron chi connectivity index (χ4n) is 5.95. The second-order valence-corrected chi connectivity index (χ2v) is 13.4. The molecule has 1 aliphatic carbocycles. The second-order valence-electron chi connectivity index (χ2n) is 11.2. The van der Waals surface area contributed by atoms with Gasteiger partial charge in [-0.25, -0.2) is 9.83 Å². The van der Waals surface area contributed by atoms with Gasteiger partial charge in [-0.1, -0.05) is 96.1 Å². The first-order chi connectivity index (χ1) is 22.8. The highest BCUT2D eigenvalue weighted by molar-refractivity contribution is 7.94. The quantitative estimate of drug-likeness (QED) is 0.0459. The first-order valence-electron chi connectivity index (χ1n) is 15.5. The number of nitrogens with zero attached hydrogens (tertiary/aromatic N) is 2. The molecule has 0 saturated heterocycles. The van der Waals surface area contributed by atoms with Gasteiger partial charge in [0.15, 0.2) is 12.3 Å². The largest absolute Gasteiger partial charge is 0.367 e. The Morgan fingerprint density at radius 1 is 0.872 bits per heavy atom. The van der Waals surface area contributed by atoms with Crippen LogP contribution in [0.5, 0.6) is 0 Å². The van der Waals surface area contributed by atoms with Crippen LogP contribution in [0.2, 0.25) is 0 Å². The molecule has 4 aromatic carbocycles. The molecule has 1 unspecified atom stereocenters. The lowest BCUT2D eigenvalue weighted by Gasteiger charge is -2.28. The van der Waals surface area contributed by atoms with Crippen molar-refractivity contribution in [2.45, 2.75) is 42.6 Å². The van der Waals surface area contributed by atoms with Gasteiger partial charge in [0.25, 0.3) is 10.1 Å². The molecule has 244 valence electrons. The van der Waals surface area contributed by atoms with Gasteiger partial charge in [-0.2, -0.15) is 8.42 Å². The zero-order valence-electron chi connectivity index (χ0n) is 26.3. The van der Waals surface area contributed by atoms with Crippen molar-refractivity contribution in [2.75, 3.05) is 18.0 Å². The zero-order valence-corrected chi connectivity index (χ0v) is 28.0. The van der Waals surface area contributed by atoms with E-state index in [2.05, 4.69) is 93.4 Å². The van der Waals surface area contributed by atoms with Gasteiger partial charge in [-0.15, -0.1) is 4.33 Å². The van der Waals surface area contributed by atoms with E-state index in [9.17, 15) is 13.0 Å². The molecule has 0 heterocycles. The molecule has 0 aromatic heterocycles. The second kappa shape index (κ2) is 16.2. The third kappa shape index (κ3) is 8.86. The van der Waals surface area contributed by atoms with Gasteiger partial charge in [-0.3, -0.25) is 4.55 Å². The predicted octanol–water partition coefficient (Wildman–Crippen LogP) is 7.94. The minimum atomic E-state index is -4.64. The van der Waals surface area contributed by atoms with Gasteiger partial charge >= 0.3 is 0 Å². The Morgan fingerprint density at radius 3 is 2.09 bits per heavy atom. The number of hydrogen-bond donors (Lipinski definition) is 2. The van der Waals surface area contributed by atoms with Crippen LogP contribution in [0.1, 0.15) is 42.0 Å². The molecule has 4 aromatic rings. The third-order valence-corrected chi connectivity index (χ3v) is 9.79. The Hall–Kier alpha value is -4.03. The third-order valence-electron chi connectivity index (χ3n) is 8.30. The van der Waals surface area contributed by atoms with E-state index < -0.39 is 16.0 Å². The van der Waals surface area contributed by atoms with Gasteiger partial charge in [0.2, 0.25) is 0 Å². The van der Waals surface area contributed by atoms with E-state index in [0.717, 1.165) is 43.1 Å². The predicted molar refractivity (Wildman–Crippen MR) is 186 cm³/mol. The summed E-state index contributed by atoms with van der Waals surface area (Å²) in [6.07, 6.45) is 8.35. The van der Waals surface area contributed by atoms with E-state index in [1.807, 2.05) is 48.5 Å². The molecular formula is C37H39N2O6S2+. The molecule has 0 radical (unpaired) electrons. The number of allylic oxidation sites excluding steroid dienone is 4. The van der Waals surface area contributed by atoms with Crippen molar-refractivity contribution < 1.29 is 32.2 Å². The molecule has 0 saturated carbocycles. The highest BCUT2D eigenvalue weighted by Crippen LogP contribution is 2.40. The maximum atomic E-state index is 12.8. The van der Waals surface area contributed by atoms with Crippen LogP contribution in [0, 0.1) is 5.92 Å². The summed E-state index contributed by atoms with van der Waals surface area (Å²) < 4.78 is 42.7. The Morgan fingerprint density at radius 2 is 1.51 bits per heavy atom. The van der Waals surface area contributed by atoms with Crippen molar-refractivity contribution in [3.05, 3.63) is 150 Å². The van der Waals surface area contributed by atoms with Crippen LogP contribution in [-0.2, 0) is 32.6 Å². The lowest BCUT2D eigenvalue weighted by molar-refractivity contribution is -0.539. The average molecular weight is 672 g/mol. The molecule has 10 heteroatoms. The fourth-order valence-corrected chi connectivity index (χ4v) is 7.20. The van der Waals surface area contributed by atoms with Crippen molar-refractivity contribution in [3.63, 3.8) is 0 Å². The summed E-state index contributed by atoms with van der Waals surface area (Å²) >= 11 is 0.627. The Bertz CT molecular complexity index is 1810. The van der Waals surface area contributed by atoms with Crippen LogP contribution in [0.15, 0.2) is 137 Å². The number of benzene rings is 4. The van der Waals surface area contributed by atoms with Gasteiger partial charge in [0.1, 0.15) is 6.54 Å². The van der Waals surface area contributed by atoms with E-state index in [4.69, 9.17) is 5.26 Å². The summed E-state index contributed by atoms with van der Waals surface area (Å²) in [7, 11) is -4.64. The molecule has 0 bridgehead atoms. The van der Waals surface area contributed by atoms with Crippen LogP contribution < -0.4 is 4.90 Å². The topological polar surface area (TPSA) is 99.3 Å². The van der Waals surface area contributed by atoms with Gasteiger partial charge < -0.3 is 4.90 Å². The number of rotatable bonds is 14. The molecule has 0 amide bonds. The summed E-state index contributed by atoms with van der Waals surface area (Å²) in [6.45, 7) is 7.39. The number of anilines is 1. The zero-order chi connectivity index (χ0) is 33.2. The lowest BCUT2D eigenvalue weighted by Crippen LogP contribution is -2.23. The summed E-state index contributed by atoms with van der Waals surface area (Å²) in [5.41, 5.74) is 5.86. The number of hydrogen-bond acceptors (Lipinski definition) is 7. The van der Waals surface area contributed by atoms with Gasteiger partial charge in [-0.05, 0) is 54.8 Å². The van der Waals surface area contributed by atoms with Gasteiger partial charge in [0, 0.05) is 53.2 Å². The fraction of sp³-hybridized carbons (Fsp3) is 0.216. The van der Waals surface area contributed by atoms with E-state index in [1.54, 1.807) is 12.1 Å². The van der Waals surface area contributed by atoms with Crippen LogP contribution in [0.4, 0.5) is 5.69 Å². The molecule has 5 rings (SSSR count). The molecule has 2 N–H and O–H groups in total. The Balaban J connectivity index is 1.53. The standard InChI is InChI=1S/C37H38N2O6S2/c1-3-38(26-28-11-7-5-8-12-28)32-19-15-30(16-20-32)37(35-24-23-34(46-45-44-40)25-36(35)47(41,42)43)31-17-21-33(22-18-31)39(4-2)27-29-13-9-6-10-14-29/h5-25,30,37H,3-4,26-27H2,1-2H3,(H-,40,41,42,43)/p+1. The van der Waals surface area contributed by atoms with Crippen LogP contribution in [-0.4, -0.2) is 41.6 Å². The van der Waals surface area contributed by atoms with Crippen LogP contribution >= 0.6 is 12.0 Å². The molecule has 0 spiro atoms. The van der Waals surface area contributed by atoms with E-state index in [1.165, 1.54) is 17.2 Å². The molecular weight excluding hydrogens is 633 g/mol. The van der Waals surface area contributed by atoms with Crippen molar-refractivity contribution in [2.24, 2.45) is 5.92 Å². The summed E-state index contributed by atoms with van der Waals surface area (Å²) in [6, 6.07) is 33.4.